The van der Waals surface area contributed by atoms with Crippen LogP contribution < -0.4 is 4.90 Å². The van der Waals surface area contributed by atoms with Gasteiger partial charge in [0.05, 0.1) is 10.7 Å². The maximum absolute atomic E-state index is 13.3. The number of carbonyl (C=O) groups excluding carboxylic acids is 1. The Balaban J connectivity index is 1.15. The Morgan fingerprint density at radius 2 is 1.80 bits per heavy atom. The van der Waals surface area contributed by atoms with Crippen molar-refractivity contribution in [3.8, 4) is 0 Å². The molecule has 1 fully saturated rings. The molecule has 2 amide bonds. The first kappa shape index (κ1) is 31.4. The Kier molecular flexibility index (Phi) is 8.95. The predicted octanol–water partition coefficient (Wildman–Crippen LogP) is 6.77. The van der Waals surface area contributed by atoms with Gasteiger partial charge in [0, 0.05) is 42.0 Å². The van der Waals surface area contributed by atoms with Gasteiger partial charge in [0.15, 0.2) is 6.10 Å². The van der Waals surface area contributed by atoms with Crippen molar-refractivity contribution in [3.05, 3.63) is 63.4 Å². The molecule has 0 aliphatic carbocycles. The highest BCUT2D eigenvalue weighted by atomic mass is 32.1. The highest BCUT2D eigenvalue weighted by Gasteiger charge is 2.31. The topological polar surface area (TPSA) is 113 Å². The zero-order valence-corrected chi connectivity index (χ0v) is 25.1. The normalized spacial score (nSPS) is 17.7. The van der Waals surface area contributed by atoms with Crippen LogP contribution >= 0.6 is 11.3 Å². The molecule has 1 aromatic carbocycles. The second kappa shape index (κ2) is 12.5. The summed E-state index contributed by atoms with van der Waals surface area (Å²) in [6, 6.07) is 7.80. The minimum Gasteiger partial charge on any atom is -0.465 e. The van der Waals surface area contributed by atoms with E-state index >= 15 is 0 Å². The molecule has 0 spiro atoms. The van der Waals surface area contributed by atoms with Crippen molar-refractivity contribution in [2.24, 2.45) is 5.16 Å². The Hall–Kier alpha value is -4.01. The van der Waals surface area contributed by atoms with Gasteiger partial charge in [-0.15, -0.1) is 11.3 Å². The molecule has 2 aliphatic heterocycles. The number of thiazole rings is 1. The lowest BCUT2D eigenvalue weighted by molar-refractivity contribution is -0.133. The zero-order chi connectivity index (χ0) is 31.8. The first-order chi connectivity index (χ1) is 20.8. The number of rotatable bonds is 8. The van der Waals surface area contributed by atoms with Crippen LogP contribution in [0.25, 0.3) is 0 Å². The molecule has 15 heteroatoms. The van der Waals surface area contributed by atoms with Crippen molar-refractivity contribution in [1.82, 2.24) is 19.7 Å². The first-order valence-electron chi connectivity index (χ1n) is 14.0. The molecule has 236 valence electrons. The fraction of sp³-hybridized carbons (Fsp3) is 0.483. The van der Waals surface area contributed by atoms with Gasteiger partial charge in [0.25, 0.3) is 12.9 Å². The summed E-state index contributed by atoms with van der Waals surface area (Å²) in [7, 11) is 0. The van der Waals surface area contributed by atoms with Crippen LogP contribution in [0.3, 0.4) is 0 Å². The summed E-state index contributed by atoms with van der Waals surface area (Å²) < 4.78 is 53.1. The van der Waals surface area contributed by atoms with Crippen LogP contribution in [0.4, 0.5) is 28.0 Å². The first-order valence-corrected chi connectivity index (χ1v) is 14.9. The summed E-state index contributed by atoms with van der Waals surface area (Å²) in [6.07, 6.45) is -5.67. The van der Waals surface area contributed by atoms with Gasteiger partial charge in [-0.3, -0.25) is 14.4 Å². The number of anilines is 1. The van der Waals surface area contributed by atoms with Crippen LogP contribution in [0, 0.1) is 0 Å². The molecule has 2 aliphatic rings. The molecule has 4 heterocycles. The van der Waals surface area contributed by atoms with E-state index in [1.165, 1.54) is 21.1 Å². The van der Waals surface area contributed by atoms with E-state index in [2.05, 4.69) is 10.3 Å². The van der Waals surface area contributed by atoms with Crippen molar-refractivity contribution >= 4 is 34.7 Å². The number of benzene rings is 1. The molecule has 10 nitrogen and oxygen atoms in total. The molecule has 0 radical (unpaired) electrons. The van der Waals surface area contributed by atoms with E-state index < -0.39 is 48.3 Å². The summed E-state index contributed by atoms with van der Waals surface area (Å²) in [5.74, 6) is -0.365. The third-order valence-electron chi connectivity index (χ3n) is 7.63. The van der Waals surface area contributed by atoms with Gasteiger partial charge in [0.1, 0.15) is 23.6 Å². The zero-order valence-electron chi connectivity index (χ0n) is 24.3. The van der Waals surface area contributed by atoms with Gasteiger partial charge in [-0.05, 0) is 57.4 Å². The molecule has 2 aromatic heterocycles. The number of amides is 2. The van der Waals surface area contributed by atoms with E-state index in [9.17, 15) is 32.3 Å². The molecule has 5 rings (SSSR count). The van der Waals surface area contributed by atoms with Crippen molar-refractivity contribution < 1.29 is 37.1 Å². The second-order valence-corrected chi connectivity index (χ2v) is 12.6. The molecule has 44 heavy (non-hydrogen) atoms. The molecule has 1 unspecified atom stereocenters. The largest absolute Gasteiger partial charge is 0.465 e. The third-order valence-corrected chi connectivity index (χ3v) is 8.64. The van der Waals surface area contributed by atoms with Gasteiger partial charge >= 0.3 is 6.09 Å². The van der Waals surface area contributed by atoms with E-state index in [1.54, 1.807) is 12.1 Å². The molecule has 1 saturated heterocycles. The van der Waals surface area contributed by atoms with E-state index in [-0.39, 0.29) is 12.0 Å². The van der Waals surface area contributed by atoms with Crippen molar-refractivity contribution in [3.63, 3.8) is 0 Å². The predicted molar refractivity (Wildman–Crippen MR) is 154 cm³/mol. The standard InChI is InChI=1S/C29H32F4N6O4S/c1-29(2,3)39(28(41)42)18-6-4-16(5-7-18)23-13-19(36-43-23)21-15-44-27(34-21)17-8-10-37(11-9-17)24(40)14-38-22(26(32)33)12-20(35-38)25(30)31/h4-7,12,15,17,23,25-26H,8-11,13-14H2,1-3H3,(H,41,42). The number of carbonyl (C=O) groups is 2. The number of aromatic nitrogens is 3. The van der Waals surface area contributed by atoms with Crippen LogP contribution in [-0.2, 0) is 16.2 Å². The van der Waals surface area contributed by atoms with Gasteiger partial charge in [-0.1, -0.05) is 17.3 Å². The SMILES string of the molecule is CC(C)(C)N(C(=O)O)c1ccc(C2CC(c3csc(C4CCN(C(=O)Cn5nc(C(F)F)cc5C(F)F)CC4)n3)=NO2)cc1. The maximum atomic E-state index is 13.3. The van der Waals surface area contributed by atoms with E-state index in [0.717, 1.165) is 10.6 Å². The summed E-state index contributed by atoms with van der Waals surface area (Å²) in [5.41, 5.74) is 0.739. The number of hydrogen-bond donors (Lipinski definition) is 1. The Morgan fingerprint density at radius 3 is 2.39 bits per heavy atom. The molecular weight excluding hydrogens is 604 g/mol. The van der Waals surface area contributed by atoms with E-state index in [1.807, 2.05) is 38.3 Å². The van der Waals surface area contributed by atoms with Crippen molar-refractivity contribution in [2.75, 3.05) is 18.0 Å². The number of nitrogens with zero attached hydrogens (tertiary/aromatic N) is 6. The number of carboxylic acid groups (broad SMARTS) is 1. The number of oxime groups is 1. The Morgan fingerprint density at radius 1 is 1.11 bits per heavy atom. The second-order valence-electron chi connectivity index (χ2n) is 11.7. The molecule has 1 N–H and O–H groups in total. The highest BCUT2D eigenvalue weighted by molar-refractivity contribution is 7.10. The van der Waals surface area contributed by atoms with Crippen LogP contribution in [0.2, 0.25) is 0 Å². The summed E-state index contributed by atoms with van der Waals surface area (Å²) in [4.78, 5) is 37.9. The van der Waals surface area contributed by atoms with Crippen LogP contribution in [0.5, 0.6) is 0 Å². The lowest BCUT2D eigenvalue weighted by Gasteiger charge is -2.33. The van der Waals surface area contributed by atoms with Crippen LogP contribution in [-0.4, -0.2) is 61.1 Å². The lowest BCUT2D eigenvalue weighted by atomic mass is 9.97. The monoisotopic (exact) mass is 636 g/mol. The lowest BCUT2D eigenvalue weighted by Crippen LogP contribution is -2.45. The molecular formula is C29H32F4N6O4S. The number of piperidine rings is 1. The van der Waals surface area contributed by atoms with E-state index in [0.29, 0.717) is 60.2 Å². The third kappa shape index (κ3) is 6.71. The van der Waals surface area contributed by atoms with Crippen LogP contribution in [0.1, 0.15) is 92.6 Å². The van der Waals surface area contributed by atoms with Gasteiger partial charge in [-0.2, -0.15) is 5.10 Å². The molecule has 0 saturated carbocycles. The maximum Gasteiger partial charge on any atom is 0.412 e. The number of likely N-dealkylation sites (tertiary alicyclic amines) is 1. The van der Waals surface area contributed by atoms with Crippen LogP contribution in [0.15, 0.2) is 40.9 Å². The fourth-order valence-electron chi connectivity index (χ4n) is 5.40. The summed E-state index contributed by atoms with van der Waals surface area (Å²) in [6.45, 7) is 5.70. The Labute approximate surface area is 254 Å². The highest BCUT2D eigenvalue weighted by Crippen LogP contribution is 2.35. The van der Waals surface area contributed by atoms with Gasteiger partial charge < -0.3 is 14.8 Å². The Bertz CT molecular complexity index is 1530. The summed E-state index contributed by atoms with van der Waals surface area (Å²) >= 11 is 1.49. The fourth-order valence-corrected chi connectivity index (χ4v) is 6.40. The average molecular weight is 637 g/mol. The van der Waals surface area contributed by atoms with Gasteiger partial charge in [-0.25, -0.2) is 27.3 Å². The van der Waals surface area contributed by atoms with Gasteiger partial charge in [0.2, 0.25) is 5.91 Å². The minimum absolute atomic E-state index is 0.0934. The molecule has 1 atom stereocenters. The number of halogens is 4. The van der Waals surface area contributed by atoms with Crippen molar-refractivity contribution in [1.29, 1.82) is 0 Å². The quantitative estimate of drug-likeness (QED) is 0.273. The number of alkyl halides is 4. The average Bonchev–Trinajstić information content (AvgIpc) is 3.72. The molecule has 3 aromatic rings. The minimum atomic E-state index is -3.03. The number of hydrogen-bond acceptors (Lipinski definition) is 7. The molecule has 0 bridgehead atoms. The summed E-state index contributed by atoms with van der Waals surface area (Å²) in [5, 5.41) is 20.2. The smallest absolute Gasteiger partial charge is 0.412 e. The van der Waals surface area contributed by atoms with Crippen molar-refractivity contribution in [2.45, 2.75) is 77.0 Å². The van der Waals surface area contributed by atoms with E-state index in [4.69, 9.17) is 9.82 Å².